The molecule has 23 heavy (non-hydrogen) atoms. The average molecular weight is 365 g/mol. The lowest BCUT2D eigenvalue weighted by atomic mass is 10.1. The van der Waals surface area contributed by atoms with Gasteiger partial charge >= 0.3 is 0 Å². The summed E-state index contributed by atoms with van der Waals surface area (Å²) in [7, 11) is 2.14. The second kappa shape index (κ2) is 10.4. The molecule has 6 heteroatoms. The maximum atomic E-state index is 10.2. The Balaban J connectivity index is 0.00000242. The number of aliphatic hydroxyl groups is 1. The van der Waals surface area contributed by atoms with Gasteiger partial charge in [-0.2, -0.15) is 0 Å². The molecular weight excluding hydrogens is 335 g/mol. The molecule has 1 atom stereocenters. The van der Waals surface area contributed by atoms with Crippen LogP contribution >= 0.6 is 24.8 Å². The molecule has 1 aliphatic heterocycles. The molecule has 1 N–H and O–H groups in total. The Labute approximate surface area is 152 Å². The van der Waals surface area contributed by atoms with Crippen molar-refractivity contribution in [2.75, 3.05) is 46.4 Å². The molecule has 1 heterocycles. The highest BCUT2D eigenvalue weighted by Crippen LogP contribution is 2.23. The summed E-state index contributed by atoms with van der Waals surface area (Å²) in [4.78, 5) is 4.63. The molecule has 0 aromatic heterocycles. The highest BCUT2D eigenvalue weighted by Gasteiger charge is 2.17. The molecule has 134 valence electrons. The van der Waals surface area contributed by atoms with E-state index in [0.29, 0.717) is 13.2 Å². The lowest BCUT2D eigenvalue weighted by Crippen LogP contribution is -2.47. The Bertz CT molecular complexity index is 478. The predicted octanol–water partition coefficient (Wildman–Crippen LogP) is 2.44. The summed E-state index contributed by atoms with van der Waals surface area (Å²) in [5.41, 5.74) is 3.59. The van der Waals surface area contributed by atoms with Gasteiger partial charge in [-0.15, -0.1) is 24.8 Å². The van der Waals surface area contributed by atoms with Gasteiger partial charge in [-0.1, -0.05) is 6.07 Å². The van der Waals surface area contributed by atoms with Crippen LogP contribution in [0.25, 0.3) is 0 Å². The standard InChI is InChI=1S/C17H28N2O2.2ClH/c1-13-9-14(2)15(3)17(10-13)21-12-16(20)11-19-7-5-18(4)6-8-19;;/h9-10,16,20H,5-8,11-12H2,1-4H3;2*1H. The number of β-amino-alcohol motifs (C(OH)–C–C–N with tert-alkyl or cyclic N) is 1. The minimum atomic E-state index is -0.436. The second-order valence-corrected chi connectivity index (χ2v) is 6.27. The van der Waals surface area contributed by atoms with Crippen LogP contribution < -0.4 is 4.74 Å². The minimum Gasteiger partial charge on any atom is -0.491 e. The zero-order chi connectivity index (χ0) is 15.4. The number of ether oxygens (including phenoxy) is 1. The number of halogens is 2. The second-order valence-electron chi connectivity index (χ2n) is 6.27. The summed E-state index contributed by atoms with van der Waals surface area (Å²) in [6, 6.07) is 4.20. The fourth-order valence-electron chi connectivity index (χ4n) is 2.72. The van der Waals surface area contributed by atoms with Crippen LogP contribution in [0.2, 0.25) is 0 Å². The first kappa shape index (κ1) is 22.5. The van der Waals surface area contributed by atoms with Crippen molar-refractivity contribution >= 4 is 24.8 Å². The largest absolute Gasteiger partial charge is 0.491 e. The van der Waals surface area contributed by atoms with Gasteiger partial charge in [-0.05, 0) is 50.6 Å². The van der Waals surface area contributed by atoms with Crippen LogP contribution in [0.15, 0.2) is 12.1 Å². The van der Waals surface area contributed by atoms with E-state index >= 15 is 0 Å². The molecule has 1 aromatic carbocycles. The number of benzene rings is 1. The molecule has 4 nitrogen and oxygen atoms in total. The molecular formula is C17H30Cl2N2O2. The minimum absolute atomic E-state index is 0. The number of piperazine rings is 1. The monoisotopic (exact) mass is 364 g/mol. The van der Waals surface area contributed by atoms with Crippen molar-refractivity contribution < 1.29 is 9.84 Å². The molecule has 1 saturated heterocycles. The predicted molar refractivity (Wildman–Crippen MR) is 101 cm³/mol. The first-order valence-corrected chi connectivity index (χ1v) is 7.75. The summed E-state index contributed by atoms with van der Waals surface area (Å²) in [6.45, 7) is 11.5. The third-order valence-corrected chi connectivity index (χ3v) is 4.26. The number of aliphatic hydroxyl groups excluding tert-OH is 1. The van der Waals surface area contributed by atoms with Gasteiger partial charge in [0.15, 0.2) is 0 Å². The third kappa shape index (κ3) is 6.86. The van der Waals surface area contributed by atoms with Gasteiger partial charge in [-0.3, -0.25) is 4.90 Å². The van der Waals surface area contributed by atoms with Crippen molar-refractivity contribution in [2.24, 2.45) is 0 Å². The van der Waals surface area contributed by atoms with Crippen LogP contribution in [0, 0.1) is 20.8 Å². The first-order chi connectivity index (χ1) is 9.95. The van der Waals surface area contributed by atoms with E-state index in [-0.39, 0.29) is 24.8 Å². The van der Waals surface area contributed by atoms with Crippen molar-refractivity contribution in [3.8, 4) is 5.75 Å². The number of rotatable bonds is 5. The summed E-state index contributed by atoms with van der Waals surface area (Å²) in [6.07, 6.45) is -0.436. The maximum absolute atomic E-state index is 10.2. The molecule has 0 spiro atoms. The highest BCUT2D eigenvalue weighted by molar-refractivity contribution is 5.85. The number of nitrogens with zero attached hydrogens (tertiary/aromatic N) is 2. The van der Waals surface area contributed by atoms with E-state index in [4.69, 9.17) is 4.74 Å². The van der Waals surface area contributed by atoms with Gasteiger partial charge in [0.05, 0.1) is 0 Å². The number of aryl methyl sites for hydroxylation is 2. The van der Waals surface area contributed by atoms with Gasteiger partial charge in [0.1, 0.15) is 18.5 Å². The summed E-state index contributed by atoms with van der Waals surface area (Å²) < 4.78 is 5.84. The van der Waals surface area contributed by atoms with Gasteiger partial charge in [0, 0.05) is 32.7 Å². The van der Waals surface area contributed by atoms with Crippen LogP contribution in [-0.2, 0) is 0 Å². The van der Waals surface area contributed by atoms with E-state index in [1.165, 1.54) is 11.1 Å². The Morgan fingerprint density at radius 1 is 1.09 bits per heavy atom. The Morgan fingerprint density at radius 2 is 1.70 bits per heavy atom. The summed E-state index contributed by atoms with van der Waals surface area (Å²) in [5.74, 6) is 0.893. The van der Waals surface area contributed by atoms with E-state index in [0.717, 1.165) is 37.5 Å². The lowest BCUT2D eigenvalue weighted by Gasteiger charge is -2.33. The molecule has 2 rings (SSSR count). The van der Waals surface area contributed by atoms with E-state index in [9.17, 15) is 5.11 Å². The van der Waals surface area contributed by atoms with Gasteiger partial charge in [-0.25, -0.2) is 0 Å². The molecule has 0 bridgehead atoms. The van der Waals surface area contributed by atoms with Crippen molar-refractivity contribution in [3.63, 3.8) is 0 Å². The van der Waals surface area contributed by atoms with Crippen LogP contribution in [0.1, 0.15) is 16.7 Å². The molecule has 0 saturated carbocycles. The van der Waals surface area contributed by atoms with Crippen molar-refractivity contribution in [2.45, 2.75) is 26.9 Å². The Morgan fingerprint density at radius 3 is 2.30 bits per heavy atom. The van der Waals surface area contributed by atoms with Crippen molar-refractivity contribution in [1.29, 1.82) is 0 Å². The van der Waals surface area contributed by atoms with Crippen LogP contribution in [-0.4, -0.2) is 67.4 Å². The highest BCUT2D eigenvalue weighted by atomic mass is 35.5. The van der Waals surface area contributed by atoms with Crippen LogP contribution in [0.4, 0.5) is 0 Å². The summed E-state index contributed by atoms with van der Waals surface area (Å²) in [5, 5.41) is 10.2. The SMILES string of the molecule is Cc1cc(C)c(C)c(OCC(O)CN2CCN(C)CC2)c1.Cl.Cl. The van der Waals surface area contributed by atoms with Crippen molar-refractivity contribution in [1.82, 2.24) is 9.80 Å². The zero-order valence-electron chi connectivity index (χ0n) is 14.5. The van der Waals surface area contributed by atoms with E-state index in [1.54, 1.807) is 0 Å². The molecule has 1 unspecified atom stereocenters. The zero-order valence-corrected chi connectivity index (χ0v) is 16.2. The normalized spacial score (nSPS) is 17.1. The maximum Gasteiger partial charge on any atom is 0.122 e. The quantitative estimate of drug-likeness (QED) is 0.870. The average Bonchev–Trinajstić information content (AvgIpc) is 2.44. The first-order valence-electron chi connectivity index (χ1n) is 7.75. The molecule has 1 aliphatic rings. The van der Waals surface area contributed by atoms with Crippen LogP contribution in [0.3, 0.4) is 0 Å². The molecule has 0 amide bonds. The molecule has 0 radical (unpaired) electrons. The number of likely N-dealkylation sites (N-methyl/N-ethyl adjacent to an activating group) is 1. The van der Waals surface area contributed by atoms with Crippen LogP contribution in [0.5, 0.6) is 5.75 Å². The smallest absolute Gasteiger partial charge is 0.122 e. The number of hydrogen-bond donors (Lipinski definition) is 1. The fraction of sp³-hybridized carbons (Fsp3) is 0.647. The third-order valence-electron chi connectivity index (χ3n) is 4.26. The fourth-order valence-corrected chi connectivity index (χ4v) is 2.72. The van der Waals surface area contributed by atoms with Gasteiger partial charge in [0.25, 0.3) is 0 Å². The van der Waals surface area contributed by atoms with Gasteiger partial charge in [0.2, 0.25) is 0 Å². The molecule has 1 aromatic rings. The van der Waals surface area contributed by atoms with E-state index in [1.807, 2.05) is 6.07 Å². The Kier molecular flexibility index (Phi) is 10.1. The van der Waals surface area contributed by atoms with Gasteiger partial charge < -0.3 is 14.7 Å². The number of hydrogen-bond acceptors (Lipinski definition) is 4. The van der Waals surface area contributed by atoms with E-state index in [2.05, 4.69) is 43.7 Å². The summed E-state index contributed by atoms with van der Waals surface area (Å²) >= 11 is 0. The van der Waals surface area contributed by atoms with E-state index < -0.39 is 6.10 Å². The topological polar surface area (TPSA) is 35.9 Å². The van der Waals surface area contributed by atoms with Crippen molar-refractivity contribution in [3.05, 3.63) is 28.8 Å². The lowest BCUT2D eigenvalue weighted by molar-refractivity contribution is 0.0503. The molecule has 1 fully saturated rings. The molecule has 0 aliphatic carbocycles. The Hall–Kier alpha value is -0.520.